The van der Waals surface area contributed by atoms with E-state index in [1.54, 1.807) is 11.3 Å². The van der Waals surface area contributed by atoms with Gasteiger partial charge in [-0.3, -0.25) is 4.79 Å². The van der Waals surface area contributed by atoms with E-state index in [-0.39, 0.29) is 18.3 Å². The lowest BCUT2D eigenvalue weighted by Gasteiger charge is -2.09. The SMILES string of the molecule is Cl.O=C(NCc1csc(Cc2ccccc2)n1)c1ccc(CC2CCNC2)cc1. The normalized spacial score (nSPS) is 15.7. The number of hydrogen-bond donors (Lipinski definition) is 2. The second-order valence-corrected chi connectivity index (χ2v) is 8.28. The first kappa shape index (κ1) is 21.5. The minimum Gasteiger partial charge on any atom is -0.346 e. The number of rotatable bonds is 7. The van der Waals surface area contributed by atoms with Crippen LogP contribution in [0.25, 0.3) is 0 Å². The second kappa shape index (κ2) is 10.5. The summed E-state index contributed by atoms with van der Waals surface area (Å²) in [4.78, 5) is 17.1. The van der Waals surface area contributed by atoms with Crippen molar-refractivity contribution >= 4 is 29.7 Å². The third kappa shape index (κ3) is 6.13. The Morgan fingerprint density at radius 3 is 2.62 bits per heavy atom. The van der Waals surface area contributed by atoms with E-state index >= 15 is 0 Å². The summed E-state index contributed by atoms with van der Waals surface area (Å²) in [5.41, 5.74) is 4.17. The molecule has 1 atom stereocenters. The largest absolute Gasteiger partial charge is 0.346 e. The molecule has 152 valence electrons. The van der Waals surface area contributed by atoms with E-state index in [4.69, 9.17) is 0 Å². The molecule has 2 N–H and O–H groups in total. The molecule has 2 aromatic carbocycles. The van der Waals surface area contributed by atoms with E-state index in [9.17, 15) is 4.79 Å². The molecule has 0 bridgehead atoms. The lowest BCUT2D eigenvalue weighted by Crippen LogP contribution is -2.23. The molecule has 0 spiro atoms. The fourth-order valence-electron chi connectivity index (χ4n) is 3.57. The molecule has 6 heteroatoms. The van der Waals surface area contributed by atoms with Crippen molar-refractivity contribution in [2.75, 3.05) is 13.1 Å². The average Bonchev–Trinajstić information content (AvgIpc) is 3.40. The van der Waals surface area contributed by atoms with Gasteiger partial charge in [0.15, 0.2) is 0 Å². The summed E-state index contributed by atoms with van der Waals surface area (Å²) in [6.45, 7) is 2.68. The van der Waals surface area contributed by atoms with Crippen LogP contribution >= 0.6 is 23.7 Å². The van der Waals surface area contributed by atoms with Crippen molar-refractivity contribution in [2.24, 2.45) is 5.92 Å². The Hall–Kier alpha value is -2.21. The second-order valence-electron chi connectivity index (χ2n) is 7.34. The van der Waals surface area contributed by atoms with Crippen LogP contribution in [0.1, 0.15) is 38.6 Å². The lowest BCUT2D eigenvalue weighted by atomic mass is 9.98. The van der Waals surface area contributed by atoms with Gasteiger partial charge in [-0.25, -0.2) is 4.98 Å². The molecule has 4 nitrogen and oxygen atoms in total. The molecule has 0 aliphatic carbocycles. The summed E-state index contributed by atoms with van der Waals surface area (Å²) in [6.07, 6.45) is 3.15. The minimum atomic E-state index is -0.0494. The van der Waals surface area contributed by atoms with Crippen LogP contribution in [0.3, 0.4) is 0 Å². The number of nitrogens with zero attached hydrogens (tertiary/aromatic N) is 1. The third-order valence-electron chi connectivity index (χ3n) is 5.13. The zero-order chi connectivity index (χ0) is 19.2. The van der Waals surface area contributed by atoms with Crippen molar-refractivity contribution in [3.63, 3.8) is 0 Å². The Balaban J connectivity index is 0.00000240. The Kier molecular flexibility index (Phi) is 7.81. The standard InChI is InChI=1S/C23H25N3OS.ClH/c27-23(20-8-6-18(7-9-20)12-19-10-11-24-14-19)25-15-21-16-28-22(26-21)13-17-4-2-1-3-5-17;/h1-9,16,19,24H,10-15H2,(H,25,27);1H. The maximum Gasteiger partial charge on any atom is 0.251 e. The van der Waals surface area contributed by atoms with Crippen LogP contribution in [-0.2, 0) is 19.4 Å². The highest BCUT2D eigenvalue weighted by atomic mass is 35.5. The van der Waals surface area contributed by atoms with Gasteiger partial charge in [-0.15, -0.1) is 23.7 Å². The van der Waals surface area contributed by atoms with E-state index in [1.165, 1.54) is 17.5 Å². The Bertz CT molecular complexity index is 905. The van der Waals surface area contributed by atoms with Crippen LogP contribution < -0.4 is 10.6 Å². The lowest BCUT2D eigenvalue weighted by molar-refractivity contribution is 0.0950. The molecule has 0 saturated carbocycles. The zero-order valence-corrected chi connectivity index (χ0v) is 17.9. The van der Waals surface area contributed by atoms with Crippen LogP contribution in [0, 0.1) is 5.92 Å². The van der Waals surface area contributed by atoms with Crippen molar-refractivity contribution in [3.05, 3.63) is 87.4 Å². The van der Waals surface area contributed by atoms with Gasteiger partial charge in [-0.2, -0.15) is 0 Å². The summed E-state index contributed by atoms with van der Waals surface area (Å²) in [5, 5.41) is 9.48. The maximum absolute atomic E-state index is 12.4. The molecule has 1 aliphatic rings. The molecule has 1 fully saturated rings. The van der Waals surface area contributed by atoms with Gasteiger partial charge in [0.2, 0.25) is 0 Å². The maximum atomic E-state index is 12.4. The van der Waals surface area contributed by atoms with Gasteiger partial charge >= 0.3 is 0 Å². The predicted molar refractivity (Wildman–Crippen MR) is 121 cm³/mol. The number of aromatic nitrogens is 1. The molecule has 4 rings (SSSR count). The molecule has 1 saturated heterocycles. The van der Waals surface area contributed by atoms with E-state index in [2.05, 4.69) is 39.9 Å². The fourth-order valence-corrected chi connectivity index (χ4v) is 4.40. The number of benzene rings is 2. The number of carbonyl (C=O) groups is 1. The molecule has 1 aromatic heterocycles. The molecule has 1 amide bonds. The summed E-state index contributed by atoms with van der Waals surface area (Å²) in [5.74, 6) is 0.668. The molecule has 1 aliphatic heterocycles. The molecule has 3 aromatic rings. The van der Waals surface area contributed by atoms with Crippen LogP contribution in [0.4, 0.5) is 0 Å². The van der Waals surface area contributed by atoms with Gasteiger partial charge in [0, 0.05) is 17.4 Å². The minimum absolute atomic E-state index is 0. The van der Waals surface area contributed by atoms with E-state index in [1.807, 2.05) is 35.7 Å². The van der Waals surface area contributed by atoms with Crippen LogP contribution in [0.2, 0.25) is 0 Å². The van der Waals surface area contributed by atoms with Crippen LogP contribution in [0.15, 0.2) is 60.0 Å². The molecular formula is C23H26ClN3OS. The van der Waals surface area contributed by atoms with E-state index in [0.717, 1.165) is 42.6 Å². The molecule has 0 radical (unpaired) electrons. The van der Waals surface area contributed by atoms with Gasteiger partial charge in [-0.05, 0) is 55.1 Å². The smallest absolute Gasteiger partial charge is 0.251 e. The third-order valence-corrected chi connectivity index (χ3v) is 6.03. The Labute approximate surface area is 182 Å². The van der Waals surface area contributed by atoms with Gasteiger partial charge in [0.25, 0.3) is 5.91 Å². The van der Waals surface area contributed by atoms with Gasteiger partial charge in [-0.1, -0.05) is 42.5 Å². The number of hydrogen-bond acceptors (Lipinski definition) is 4. The van der Waals surface area contributed by atoms with Crippen LogP contribution in [0.5, 0.6) is 0 Å². The summed E-state index contributed by atoms with van der Waals surface area (Å²) < 4.78 is 0. The number of halogens is 1. The van der Waals surface area contributed by atoms with Crippen molar-refractivity contribution < 1.29 is 4.79 Å². The predicted octanol–water partition coefficient (Wildman–Crippen LogP) is 4.24. The molecular weight excluding hydrogens is 402 g/mol. The highest BCUT2D eigenvalue weighted by molar-refractivity contribution is 7.09. The van der Waals surface area contributed by atoms with E-state index in [0.29, 0.717) is 12.1 Å². The number of carbonyl (C=O) groups excluding carboxylic acids is 1. The molecule has 29 heavy (non-hydrogen) atoms. The van der Waals surface area contributed by atoms with Crippen molar-refractivity contribution in [2.45, 2.75) is 25.8 Å². The number of nitrogens with one attached hydrogen (secondary N) is 2. The molecule has 1 unspecified atom stereocenters. The van der Waals surface area contributed by atoms with Crippen molar-refractivity contribution in [1.29, 1.82) is 0 Å². The van der Waals surface area contributed by atoms with E-state index < -0.39 is 0 Å². The van der Waals surface area contributed by atoms with Crippen LogP contribution in [-0.4, -0.2) is 24.0 Å². The van der Waals surface area contributed by atoms with Crippen molar-refractivity contribution in [3.8, 4) is 0 Å². The highest BCUT2D eigenvalue weighted by Gasteiger charge is 2.15. The summed E-state index contributed by atoms with van der Waals surface area (Å²) in [7, 11) is 0. The first-order valence-corrected chi connectivity index (χ1v) is 10.7. The summed E-state index contributed by atoms with van der Waals surface area (Å²) in [6, 6.07) is 18.3. The average molecular weight is 428 g/mol. The Morgan fingerprint density at radius 2 is 1.90 bits per heavy atom. The zero-order valence-electron chi connectivity index (χ0n) is 16.3. The number of thiazole rings is 1. The van der Waals surface area contributed by atoms with Gasteiger partial charge in [0.1, 0.15) is 0 Å². The summed E-state index contributed by atoms with van der Waals surface area (Å²) >= 11 is 1.64. The first-order chi connectivity index (χ1) is 13.8. The highest BCUT2D eigenvalue weighted by Crippen LogP contribution is 2.17. The Morgan fingerprint density at radius 1 is 1.10 bits per heavy atom. The monoisotopic (exact) mass is 427 g/mol. The van der Waals surface area contributed by atoms with Gasteiger partial charge in [0.05, 0.1) is 17.2 Å². The number of amides is 1. The topological polar surface area (TPSA) is 54.0 Å². The fraction of sp³-hybridized carbons (Fsp3) is 0.304. The van der Waals surface area contributed by atoms with Gasteiger partial charge < -0.3 is 10.6 Å². The first-order valence-electron chi connectivity index (χ1n) is 9.81. The molecule has 2 heterocycles. The quantitative estimate of drug-likeness (QED) is 0.593. The van der Waals surface area contributed by atoms with Crippen molar-refractivity contribution in [1.82, 2.24) is 15.6 Å².